The van der Waals surface area contributed by atoms with E-state index in [9.17, 15) is 36.3 Å². The number of amidine groups is 1. The highest BCUT2D eigenvalue weighted by molar-refractivity contribution is 7.85. The Morgan fingerprint density at radius 3 is 1.80 bits per heavy atom. The van der Waals surface area contributed by atoms with Gasteiger partial charge in [0.05, 0.1) is 18.1 Å². The molecule has 0 saturated carbocycles. The summed E-state index contributed by atoms with van der Waals surface area (Å²) in [4.78, 5) is 37.7. The Hall–Kier alpha value is -4.68. The van der Waals surface area contributed by atoms with Crippen LogP contribution in [0.2, 0.25) is 0 Å². The number of amides is 2. The molecule has 3 aromatic carbocycles. The second kappa shape index (κ2) is 18.3. The molecule has 17 heteroatoms. The number of carboxylic acids is 1. The maximum absolute atomic E-state index is 13.1. The number of carbonyl (C=O) groups excluding carboxylic acids is 2. The van der Waals surface area contributed by atoms with E-state index in [1.807, 2.05) is 0 Å². The number of aromatic carboxylic acids is 1. The first-order chi connectivity index (χ1) is 21.3. The largest absolute Gasteiger partial charge is 0.478 e. The number of unbranched alkanes of at least 4 members (excludes halogenated alkanes) is 2. The quantitative estimate of drug-likeness (QED) is 0.0628. The predicted molar refractivity (Wildman–Crippen MR) is 174 cm³/mol. The van der Waals surface area contributed by atoms with Gasteiger partial charge in [-0.3, -0.25) is 24.1 Å². The number of carboxylic acid groups (broad SMARTS) is 1. The number of nitrogen functional groups attached to an aromatic ring is 1. The van der Waals surface area contributed by atoms with Crippen molar-refractivity contribution in [3.05, 3.63) is 89.0 Å². The SMILES string of the molecule is CS(=O)(=O)O.CS(=O)(=O)O.N=C(N)c1ccc(NC(=O)c2ccccc2-c2ccc(C(=O)NCCCCCN)cc2C(=O)O)cc1. The summed E-state index contributed by atoms with van der Waals surface area (Å²) in [6.07, 6.45) is 3.99. The molecule has 3 rings (SSSR count). The summed E-state index contributed by atoms with van der Waals surface area (Å²) in [6, 6.07) is 17.6. The summed E-state index contributed by atoms with van der Waals surface area (Å²) in [5.41, 5.74) is 13.1. The van der Waals surface area contributed by atoms with Gasteiger partial charge in [0, 0.05) is 28.9 Å². The van der Waals surface area contributed by atoms with Crippen LogP contribution in [0.5, 0.6) is 0 Å². The lowest BCUT2D eigenvalue weighted by Gasteiger charge is -2.14. The van der Waals surface area contributed by atoms with Gasteiger partial charge in [0.25, 0.3) is 32.1 Å². The minimum Gasteiger partial charge on any atom is -0.478 e. The fraction of sp³-hybridized carbons (Fsp3) is 0.241. The van der Waals surface area contributed by atoms with Crippen molar-refractivity contribution in [3.8, 4) is 11.1 Å². The first-order valence-corrected chi connectivity index (χ1v) is 17.1. The van der Waals surface area contributed by atoms with Crippen molar-refractivity contribution in [2.75, 3.05) is 30.9 Å². The van der Waals surface area contributed by atoms with Crippen molar-refractivity contribution in [3.63, 3.8) is 0 Å². The number of carbonyl (C=O) groups is 3. The zero-order valence-electron chi connectivity index (χ0n) is 25.1. The average molecular weight is 680 g/mol. The number of hydrogen-bond acceptors (Lipinski definition) is 9. The third kappa shape index (κ3) is 15.9. The predicted octanol–water partition coefficient (Wildman–Crippen LogP) is 2.45. The van der Waals surface area contributed by atoms with Gasteiger partial charge in [-0.25, -0.2) is 4.79 Å². The Morgan fingerprint density at radius 2 is 1.28 bits per heavy atom. The van der Waals surface area contributed by atoms with Gasteiger partial charge in [0.1, 0.15) is 5.84 Å². The first kappa shape index (κ1) is 39.3. The zero-order chi connectivity index (χ0) is 35.1. The lowest BCUT2D eigenvalue weighted by Crippen LogP contribution is -2.25. The van der Waals surface area contributed by atoms with E-state index in [1.165, 1.54) is 6.07 Å². The molecule has 250 valence electrons. The maximum atomic E-state index is 13.1. The highest BCUT2D eigenvalue weighted by Gasteiger charge is 2.20. The molecule has 0 heterocycles. The van der Waals surface area contributed by atoms with E-state index in [-0.39, 0.29) is 28.4 Å². The Balaban J connectivity index is 0.000000919. The second-order valence-corrected chi connectivity index (χ2v) is 12.6. The van der Waals surface area contributed by atoms with E-state index < -0.39 is 32.1 Å². The van der Waals surface area contributed by atoms with E-state index >= 15 is 0 Å². The molecule has 3 aromatic rings. The topological polar surface area (TPSA) is 280 Å². The van der Waals surface area contributed by atoms with Gasteiger partial charge in [-0.2, -0.15) is 16.8 Å². The molecule has 0 aliphatic heterocycles. The van der Waals surface area contributed by atoms with Crippen molar-refractivity contribution in [1.82, 2.24) is 5.32 Å². The van der Waals surface area contributed by atoms with Crippen LogP contribution in [0, 0.1) is 5.41 Å². The number of hydrogen-bond donors (Lipinski definition) is 8. The summed E-state index contributed by atoms with van der Waals surface area (Å²) in [7, 11) is -7.33. The van der Waals surface area contributed by atoms with Crippen molar-refractivity contribution >= 4 is 49.5 Å². The first-order valence-electron chi connectivity index (χ1n) is 13.4. The van der Waals surface area contributed by atoms with E-state index in [4.69, 9.17) is 26.0 Å². The summed E-state index contributed by atoms with van der Waals surface area (Å²) < 4.78 is 51.7. The molecule has 0 radical (unpaired) electrons. The smallest absolute Gasteiger partial charge is 0.336 e. The van der Waals surface area contributed by atoms with Crippen LogP contribution in [0.15, 0.2) is 66.7 Å². The molecule has 0 aliphatic carbocycles. The van der Waals surface area contributed by atoms with Crippen molar-refractivity contribution in [2.24, 2.45) is 11.5 Å². The Morgan fingerprint density at radius 1 is 0.761 bits per heavy atom. The highest BCUT2D eigenvalue weighted by atomic mass is 32.2. The molecule has 15 nitrogen and oxygen atoms in total. The van der Waals surface area contributed by atoms with Gasteiger partial charge in [0.15, 0.2) is 0 Å². The standard InChI is InChI=1S/C27H29N5O4.2CH4O3S/c28-14-4-1-5-15-31-25(33)18-10-13-21(23(16-18)27(35)36)20-6-2-3-7-22(20)26(34)32-19-11-8-17(9-12-19)24(29)30;2*1-5(2,3)4/h2-3,6-13,16H,1,4-5,14-15,28H2,(H3,29,30)(H,31,33)(H,32,34)(H,35,36);2*1H3,(H,2,3,4). The molecule has 0 aromatic heterocycles. The number of nitrogens with one attached hydrogen (secondary N) is 3. The van der Waals surface area contributed by atoms with Crippen LogP contribution in [0.4, 0.5) is 5.69 Å². The molecular formula is C29H37N5O10S2. The van der Waals surface area contributed by atoms with E-state index in [1.54, 1.807) is 60.7 Å². The van der Waals surface area contributed by atoms with Crippen LogP contribution in [0.3, 0.4) is 0 Å². The Kier molecular flexibility index (Phi) is 15.7. The molecule has 46 heavy (non-hydrogen) atoms. The summed E-state index contributed by atoms with van der Waals surface area (Å²) in [5.74, 6) is -2.09. The number of benzene rings is 3. The Labute approximate surface area is 267 Å². The van der Waals surface area contributed by atoms with Crippen LogP contribution >= 0.6 is 0 Å². The van der Waals surface area contributed by atoms with Gasteiger partial charge < -0.3 is 27.2 Å². The van der Waals surface area contributed by atoms with Crippen LogP contribution in [-0.2, 0) is 20.2 Å². The zero-order valence-corrected chi connectivity index (χ0v) is 26.7. The third-order valence-corrected chi connectivity index (χ3v) is 5.59. The lowest BCUT2D eigenvalue weighted by atomic mass is 9.93. The fourth-order valence-corrected chi connectivity index (χ4v) is 3.69. The molecule has 0 aliphatic rings. The molecule has 0 unspecified atom stereocenters. The summed E-state index contributed by atoms with van der Waals surface area (Å²) in [5, 5.41) is 22.9. The van der Waals surface area contributed by atoms with Gasteiger partial charge in [-0.05, 0) is 73.0 Å². The van der Waals surface area contributed by atoms with Crippen molar-refractivity contribution in [1.29, 1.82) is 5.41 Å². The second-order valence-electron chi connectivity index (χ2n) is 9.63. The average Bonchev–Trinajstić information content (AvgIpc) is 2.95. The number of anilines is 1. The van der Waals surface area contributed by atoms with E-state index in [0.717, 1.165) is 19.3 Å². The van der Waals surface area contributed by atoms with Gasteiger partial charge in [-0.1, -0.05) is 30.7 Å². The lowest BCUT2D eigenvalue weighted by molar-refractivity contribution is 0.0697. The highest BCUT2D eigenvalue weighted by Crippen LogP contribution is 2.29. The van der Waals surface area contributed by atoms with Crippen LogP contribution in [0.25, 0.3) is 11.1 Å². The van der Waals surface area contributed by atoms with Crippen LogP contribution in [0.1, 0.15) is 55.9 Å². The number of nitrogens with two attached hydrogens (primary N) is 2. The molecule has 0 fully saturated rings. The minimum absolute atomic E-state index is 0.0804. The normalized spacial score (nSPS) is 10.7. The molecule has 2 amide bonds. The molecule has 0 saturated heterocycles. The fourth-order valence-electron chi connectivity index (χ4n) is 3.69. The van der Waals surface area contributed by atoms with Gasteiger partial charge >= 0.3 is 5.97 Å². The van der Waals surface area contributed by atoms with Gasteiger partial charge in [0.2, 0.25) is 0 Å². The number of rotatable bonds is 11. The van der Waals surface area contributed by atoms with Crippen LogP contribution < -0.4 is 22.1 Å². The summed E-state index contributed by atoms with van der Waals surface area (Å²) in [6.45, 7) is 1.07. The summed E-state index contributed by atoms with van der Waals surface area (Å²) >= 11 is 0. The van der Waals surface area contributed by atoms with Crippen molar-refractivity contribution < 1.29 is 45.4 Å². The molecule has 0 atom stereocenters. The van der Waals surface area contributed by atoms with E-state index in [2.05, 4.69) is 10.6 Å². The van der Waals surface area contributed by atoms with E-state index in [0.29, 0.717) is 48.0 Å². The monoisotopic (exact) mass is 679 g/mol. The van der Waals surface area contributed by atoms with Crippen molar-refractivity contribution in [2.45, 2.75) is 19.3 Å². The Bertz CT molecular complexity index is 1700. The molecule has 0 bridgehead atoms. The molecular weight excluding hydrogens is 642 g/mol. The van der Waals surface area contributed by atoms with Gasteiger partial charge in [-0.15, -0.1) is 0 Å². The maximum Gasteiger partial charge on any atom is 0.336 e. The van der Waals surface area contributed by atoms with Crippen LogP contribution in [-0.4, -0.2) is 80.3 Å². The molecule has 0 spiro atoms. The minimum atomic E-state index is -3.67. The third-order valence-electron chi connectivity index (χ3n) is 5.59. The molecule has 10 N–H and O–H groups in total.